The van der Waals surface area contributed by atoms with Gasteiger partial charge in [-0.1, -0.05) is 71.2 Å². The minimum absolute atomic E-state index is 0.0610. The molecule has 37 heavy (non-hydrogen) atoms. The zero-order chi connectivity index (χ0) is 26.3. The lowest BCUT2D eigenvalue weighted by atomic mass is 10.1. The van der Waals surface area contributed by atoms with E-state index in [1.807, 2.05) is 0 Å². The number of halogens is 3. The van der Waals surface area contributed by atoms with E-state index in [2.05, 4.69) is 10.1 Å². The Bertz CT molecular complexity index is 1670. The van der Waals surface area contributed by atoms with Crippen LogP contribution in [0.1, 0.15) is 11.1 Å². The van der Waals surface area contributed by atoms with Crippen molar-refractivity contribution in [1.29, 1.82) is 5.41 Å². The van der Waals surface area contributed by atoms with Crippen LogP contribution in [0.2, 0.25) is 15.1 Å². The first-order valence-corrected chi connectivity index (χ1v) is 13.7. The molecule has 2 aliphatic heterocycles. The maximum absolute atomic E-state index is 12.9. The van der Waals surface area contributed by atoms with E-state index in [9.17, 15) is 13.2 Å². The van der Waals surface area contributed by atoms with Crippen molar-refractivity contribution in [3.05, 3.63) is 98.5 Å². The van der Waals surface area contributed by atoms with Crippen LogP contribution in [0.3, 0.4) is 0 Å². The Hall–Kier alpha value is -3.15. The van der Waals surface area contributed by atoms with Crippen molar-refractivity contribution in [3.63, 3.8) is 0 Å². The molecule has 0 saturated heterocycles. The second-order valence-corrected chi connectivity index (χ2v) is 11.3. The van der Waals surface area contributed by atoms with E-state index >= 15 is 0 Å². The summed E-state index contributed by atoms with van der Waals surface area (Å²) in [4.78, 5) is 16.9. The lowest BCUT2D eigenvalue weighted by molar-refractivity contribution is -0.114. The fourth-order valence-electron chi connectivity index (χ4n) is 3.41. The summed E-state index contributed by atoms with van der Waals surface area (Å²) in [5, 5.41) is 15.4. The Kier molecular flexibility index (Phi) is 6.86. The van der Waals surface area contributed by atoms with Crippen LogP contribution in [-0.2, 0) is 14.9 Å². The molecule has 2 heterocycles. The standard InChI is InChI=1S/C24H13Cl3N4O4S2/c25-14-10-13(20(19(27)12-14)35-37(33,34)15-6-2-1-3-7-15)11-17-21(28)31-24(29-22(17)32)36-23(30-31)16-8-4-5-9-18(16)26/h1-12,28H/b17-11-,28-21?. The molecule has 13 heteroatoms. The Morgan fingerprint density at radius 1 is 0.973 bits per heavy atom. The largest absolute Gasteiger partial charge is 0.377 e. The molecule has 186 valence electrons. The molecule has 5 rings (SSSR count). The normalized spacial score (nSPS) is 16.5. The first-order chi connectivity index (χ1) is 17.6. The summed E-state index contributed by atoms with van der Waals surface area (Å²) in [6, 6.07) is 17.2. The Labute approximate surface area is 230 Å². The number of fused-ring (bicyclic) bond motifs is 1. The Morgan fingerprint density at radius 2 is 1.68 bits per heavy atom. The maximum atomic E-state index is 12.9. The van der Waals surface area contributed by atoms with Gasteiger partial charge in [0.15, 0.2) is 11.6 Å². The first-order valence-electron chi connectivity index (χ1n) is 10.4. The molecule has 0 bridgehead atoms. The van der Waals surface area contributed by atoms with E-state index in [-0.39, 0.29) is 42.8 Å². The number of rotatable bonds is 5. The second kappa shape index (κ2) is 9.96. The highest BCUT2D eigenvalue weighted by atomic mass is 35.5. The van der Waals surface area contributed by atoms with Crippen LogP contribution in [0.25, 0.3) is 6.08 Å². The highest BCUT2D eigenvalue weighted by molar-refractivity contribution is 8.27. The topological polar surface area (TPSA) is 112 Å². The lowest BCUT2D eigenvalue weighted by Gasteiger charge is -2.20. The van der Waals surface area contributed by atoms with Gasteiger partial charge < -0.3 is 4.18 Å². The predicted octanol–water partition coefficient (Wildman–Crippen LogP) is 6.08. The summed E-state index contributed by atoms with van der Waals surface area (Å²) in [7, 11) is -4.27. The molecule has 8 nitrogen and oxygen atoms in total. The van der Waals surface area contributed by atoms with Gasteiger partial charge in [-0.3, -0.25) is 10.2 Å². The van der Waals surface area contributed by atoms with Crippen LogP contribution >= 0.6 is 46.6 Å². The van der Waals surface area contributed by atoms with Crippen LogP contribution in [0.15, 0.2) is 87.3 Å². The number of thioether (sulfide) groups is 1. The summed E-state index contributed by atoms with van der Waals surface area (Å²) in [6.45, 7) is 0. The molecule has 3 aromatic rings. The number of carbonyl (C=O) groups excluding carboxylic acids is 1. The van der Waals surface area contributed by atoms with Crippen LogP contribution in [0, 0.1) is 5.41 Å². The molecule has 0 spiro atoms. The molecule has 0 radical (unpaired) electrons. The predicted molar refractivity (Wildman–Crippen MR) is 146 cm³/mol. The fourth-order valence-corrected chi connectivity index (χ4v) is 6.21. The van der Waals surface area contributed by atoms with Gasteiger partial charge >= 0.3 is 10.1 Å². The minimum Gasteiger partial charge on any atom is -0.377 e. The first kappa shape index (κ1) is 25.5. The number of hydrazone groups is 1. The van der Waals surface area contributed by atoms with Crippen molar-refractivity contribution in [1.82, 2.24) is 5.01 Å². The van der Waals surface area contributed by atoms with Gasteiger partial charge in [-0.15, -0.1) is 0 Å². The number of nitrogens with zero attached hydrogens (tertiary/aromatic N) is 3. The third-order valence-electron chi connectivity index (χ3n) is 5.12. The van der Waals surface area contributed by atoms with Gasteiger partial charge in [-0.2, -0.15) is 23.5 Å². The van der Waals surface area contributed by atoms with Crippen molar-refractivity contribution in [2.24, 2.45) is 10.1 Å². The molecular weight excluding hydrogens is 579 g/mol. The van der Waals surface area contributed by atoms with Gasteiger partial charge in [0.05, 0.1) is 15.6 Å². The van der Waals surface area contributed by atoms with Crippen molar-refractivity contribution in [2.45, 2.75) is 4.90 Å². The van der Waals surface area contributed by atoms with Crippen molar-refractivity contribution >= 4 is 84.7 Å². The monoisotopic (exact) mass is 590 g/mol. The summed E-state index contributed by atoms with van der Waals surface area (Å²) in [5.74, 6) is -1.27. The van der Waals surface area contributed by atoms with E-state index in [0.717, 1.165) is 11.8 Å². The highest BCUT2D eigenvalue weighted by Crippen LogP contribution is 2.38. The molecule has 1 amide bonds. The lowest BCUT2D eigenvalue weighted by Crippen LogP contribution is -2.35. The van der Waals surface area contributed by atoms with Crippen molar-refractivity contribution in [2.75, 3.05) is 0 Å². The summed E-state index contributed by atoms with van der Waals surface area (Å²) < 4.78 is 31.1. The fraction of sp³-hybridized carbons (Fsp3) is 0. The number of hydrogen-bond acceptors (Lipinski definition) is 7. The number of amides is 1. The van der Waals surface area contributed by atoms with Gasteiger partial charge in [0.25, 0.3) is 5.91 Å². The van der Waals surface area contributed by atoms with Crippen LogP contribution in [0.4, 0.5) is 0 Å². The van der Waals surface area contributed by atoms with E-state index in [4.69, 9.17) is 44.4 Å². The molecule has 0 fully saturated rings. The molecule has 3 aromatic carbocycles. The van der Waals surface area contributed by atoms with Gasteiger partial charge in [-0.05, 0) is 48.2 Å². The molecule has 0 unspecified atom stereocenters. The molecular formula is C24H13Cl3N4O4S2. The SMILES string of the molecule is N=C1/C(=C/c2cc(Cl)cc(Cl)c2OS(=O)(=O)c2ccccc2)C(=O)N=C2SC(c3ccccc3Cl)=NN12. The zero-order valence-corrected chi connectivity index (χ0v) is 22.3. The number of amidine groups is 2. The maximum Gasteiger partial charge on any atom is 0.339 e. The Morgan fingerprint density at radius 3 is 2.41 bits per heavy atom. The third kappa shape index (κ3) is 5.03. The third-order valence-corrected chi connectivity index (χ3v) is 8.13. The molecule has 0 aromatic heterocycles. The molecule has 0 atom stereocenters. The minimum atomic E-state index is -4.27. The van der Waals surface area contributed by atoms with Crippen LogP contribution in [-0.4, -0.2) is 35.4 Å². The van der Waals surface area contributed by atoms with E-state index in [1.165, 1.54) is 35.4 Å². The number of benzene rings is 3. The number of hydrogen-bond donors (Lipinski definition) is 1. The molecule has 2 aliphatic rings. The van der Waals surface area contributed by atoms with Gasteiger partial charge in [0, 0.05) is 16.1 Å². The van der Waals surface area contributed by atoms with E-state index in [1.54, 1.807) is 42.5 Å². The van der Waals surface area contributed by atoms with Crippen LogP contribution < -0.4 is 4.18 Å². The van der Waals surface area contributed by atoms with Crippen molar-refractivity contribution in [3.8, 4) is 5.75 Å². The molecule has 0 saturated carbocycles. The quantitative estimate of drug-likeness (QED) is 0.284. The van der Waals surface area contributed by atoms with Crippen molar-refractivity contribution < 1.29 is 17.4 Å². The second-order valence-electron chi connectivity index (χ2n) is 7.56. The Balaban J connectivity index is 1.54. The summed E-state index contributed by atoms with van der Waals surface area (Å²) in [5.41, 5.74) is 0.514. The van der Waals surface area contributed by atoms with Gasteiger partial charge in [-0.25, -0.2) is 0 Å². The number of carbonyl (C=O) groups is 1. The molecule has 1 N–H and O–H groups in total. The smallest absolute Gasteiger partial charge is 0.339 e. The van der Waals surface area contributed by atoms with Crippen LogP contribution in [0.5, 0.6) is 5.75 Å². The average Bonchev–Trinajstić information content (AvgIpc) is 3.28. The number of aliphatic imine (C=N–C) groups is 1. The van der Waals surface area contributed by atoms with Gasteiger partial charge in [0.2, 0.25) is 5.17 Å². The molecule has 0 aliphatic carbocycles. The summed E-state index contributed by atoms with van der Waals surface area (Å²) >= 11 is 19.8. The van der Waals surface area contributed by atoms with Gasteiger partial charge in [0.1, 0.15) is 9.94 Å². The average molecular weight is 592 g/mol. The van der Waals surface area contributed by atoms with E-state index in [0.29, 0.717) is 15.6 Å². The van der Waals surface area contributed by atoms with E-state index < -0.39 is 16.0 Å². The highest BCUT2D eigenvalue weighted by Gasteiger charge is 2.37. The zero-order valence-electron chi connectivity index (χ0n) is 18.4. The summed E-state index contributed by atoms with van der Waals surface area (Å²) in [6.07, 6.45) is 1.24. The number of nitrogens with one attached hydrogen (secondary N) is 1.